The van der Waals surface area contributed by atoms with Gasteiger partial charge in [-0.3, -0.25) is 4.98 Å². The smallest absolute Gasteiger partial charge is 0.342 e. The van der Waals surface area contributed by atoms with Crippen molar-refractivity contribution in [2.24, 2.45) is 0 Å². The van der Waals surface area contributed by atoms with Gasteiger partial charge < -0.3 is 19.5 Å². The minimum absolute atomic E-state index is 0.00347. The summed E-state index contributed by atoms with van der Waals surface area (Å²) in [6, 6.07) is 12.7. The van der Waals surface area contributed by atoms with Gasteiger partial charge in [0.05, 0.1) is 32.5 Å². The van der Waals surface area contributed by atoms with Crippen LogP contribution in [0.4, 0.5) is 11.4 Å². The van der Waals surface area contributed by atoms with Crippen molar-refractivity contribution < 1.29 is 23.8 Å². The fraction of sp³-hybridized carbons (Fsp3) is 0.150. The molecule has 1 N–H and O–H groups in total. The fourth-order valence-electron chi connectivity index (χ4n) is 2.88. The molecule has 3 rings (SSSR count). The summed E-state index contributed by atoms with van der Waals surface area (Å²) < 4.78 is 15.3. The van der Waals surface area contributed by atoms with E-state index in [4.69, 9.17) is 14.2 Å². The maximum absolute atomic E-state index is 12.6. The highest BCUT2D eigenvalue weighted by atomic mass is 16.5. The first-order chi connectivity index (χ1) is 13.1. The molecule has 0 radical (unpaired) electrons. The maximum Gasteiger partial charge on any atom is 0.342 e. The van der Waals surface area contributed by atoms with E-state index < -0.39 is 11.9 Å². The van der Waals surface area contributed by atoms with E-state index in [0.717, 1.165) is 5.69 Å². The van der Waals surface area contributed by atoms with Gasteiger partial charge in [-0.2, -0.15) is 0 Å². The first-order valence-corrected chi connectivity index (χ1v) is 8.09. The summed E-state index contributed by atoms with van der Waals surface area (Å²) in [5.74, 6) is -1.22. The minimum Gasteiger partial charge on any atom is -0.495 e. The van der Waals surface area contributed by atoms with Gasteiger partial charge in [-0.1, -0.05) is 18.2 Å². The largest absolute Gasteiger partial charge is 0.495 e. The highest BCUT2D eigenvalue weighted by Gasteiger charge is 2.31. The number of aromatic nitrogens is 1. The van der Waals surface area contributed by atoms with Gasteiger partial charge in [0.25, 0.3) is 0 Å². The third kappa shape index (κ3) is 3.27. The molecule has 1 aromatic heterocycles. The number of hydrogen-bond donors (Lipinski definition) is 1. The number of pyridine rings is 1. The van der Waals surface area contributed by atoms with Crippen molar-refractivity contribution in [3.05, 3.63) is 59.8 Å². The lowest BCUT2D eigenvalue weighted by molar-refractivity contribution is 0.0553. The Bertz CT molecular complexity index is 1000. The van der Waals surface area contributed by atoms with Crippen molar-refractivity contribution in [2.45, 2.75) is 0 Å². The average molecular weight is 366 g/mol. The van der Waals surface area contributed by atoms with E-state index >= 15 is 0 Å². The third-order valence-electron chi connectivity index (χ3n) is 4.04. The standard InChI is InChI=1S/C20H18N2O5/c1-25-18-13-10-7-11-21-16(13)17(22-12-8-5-4-6-9-12)14(19(23)26-2)15(18)20(24)27-3/h4-11,22H,1-3H3. The zero-order valence-electron chi connectivity index (χ0n) is 15.1. The molecule has 27 heavy (non-hydrogen) atoms. The Hall–Kier alpha value is -3.61. The zero-order chi connectivity index (χ0) is 19.4. The molecule has 7 nitrogen and oxygen atoms in total. The van der Waals surface area contributed by atoms with Gasteiger partial charge >= 0.3 is 11.9 Å². The molecule has 2 aromatic carbocycles. The van der Waals surface area contributed by atoms with Crippen LogP contribution in [0.5, 0.6) is 5.75 Å². The minimum atomic E-state index is -0.714. The van der Waals surface area contributed by atoms with Crippen molar-refractivity contribution in [1.29, 1.82) is 0 Å². The van der Waals surface area contributed by atoms with E-state index in [9.17, 15) is 9.59 Å². The Morgan fingerprint density at radius 2 is 1.56 bits per heavy atom. The number of methoxy groups -OCH3 is 3. The number of nitrogens with one attached hydrogen (secondary N) is 1. The summed E-state index contributed by atoms with van der Waals surface area (Å²) in [5, 5.41) is 3.74. The number of benzene rings is 2. The lowest BCUT2D eigenvalue weighted by Crippen LogP contribution is -2.16. The van der Waals surface area contributed by atoms with Crippen LogP contribution in [0.2, 0.25) is 0 Å². The van der Waals surface area contributed by atoms with Crippen molar-refractivity contribution in [1.82, 2.24) is 4.98 Å². The number of para-hydroxylation sites is 1. The van der Waals surface area contributed by atoms with E-state index in [2.05, 4.69) is 10.3 Å². The maximum atomic E-state index is 12.6. The van der Waals surface area contributed by atoms with Gasteiger partial charge in [0, 0.05) is 17.3 Å². The first kappa shape index (κ1) is 18.2. The first-order valence-electron chi connectivity index (χ1n) is 8.09. The predicted molar refractivity (Wildman–Crippen MR) is 101 cm³/mol. The van der Waals surface area contributed by atoms with E-state index in [1.807, 2.05) is 30.3 Å². The quantitative estimate of drug-likeness (QED) is 0.691. The van der Waals surface area contributed by atoms with Gasteiger partial charge in [-0.15, -0.1) is 0 Å². The normalized spacial score (nSPS) is 10.3. The molecule has 0 spiro atoms. The number of carbonyl (C=O) groups is 2. The van der Waals surface area contributed by atoms with Crippen LogP contribution in [0.15, 0.2) is 48.7 Å². The summed E-state index contributed by atoms with van der Waals surface area (Å²) >= 11 is 0. The van der Waals surface area contributed by atoms with Crippen LogP contribution in [0.25, 0.3) is 10.9 Å². The molecule has 0 amide bonds. The second-order valence-electron chi connectivity index (χ2n) is 5.53. The van der Waals surface area contributed by atoms with Crippen molar-refractivity contribution in [3.63, 3.8) is 0 Å². The zero-order valence-corrected chi connectivity index (χ0v) is 15.1. The van der Waals surface area contributed by atoms with Crippen LogP contribution in [-0.2, 0) is 9.47 Å². The number of hydrogen-bond acceptors (Lipinski definition) is 7. The SMILES string of the molecule is COC(=O)c1c(C(=O)OC)c(Nc2ccccc2)c2ncccc2c1OC. The number of nitrogens with zero attached hydrogens (tertiary/aromatic N) is 1. The number of ether oxygens (including phenoxy) is 3. The Morgan fingerprint density at radius 1 is 0.889 bits per heavy atom. The summed E-state index contributed by atoms with van der Waals surface area (Å²) in [6.45, 7) is 0. The molecule has 0 bridgehead atoms. The molecule has 0 aliphatic carbocycles. The second kappa shape index (κ2) is 7.74. The number of fused-ring (bicyclic) bond motifs is 1. The molecule has 0 saturated heterocycles. The molecular weight excluding hydrogens is 348 g/mol. The van der Waals surface area contributed by atoms with E-state index in [0.29, 0.717) is 16.6 Å². The van der Waals surface area contributed by atoms with Gasteiger partial charge in [-0.05, 0) is 24.3 Å². The lowest BCUT2D eigenvalue weighted by Gasteiger charge is -2.19. The molecule has 0 saturated carbocycles. The van der Waals surface area contributed by atoms with Crippen molar-refractivity contribution in [2.75, 3.05) is 26.6 Å². The number of anilines is 2. The molecule has 0 aliphatic heterocycles. The summed E-state index contributed by atoms with van der Waals surface area (Å²) in [7, 11) is 3.89. The van der Waals surface area contributed by atoms with Gasteiger partial charge in [0.2, 0.25) is 0 Å². The van der Waals surface area contributed by atoms with Gasteiger partial charge in [0.1, 0.15) is 16.9 Å². The van der Waals surface area contributed by atoms with E-state index in [1.54, 1.807) is 18.3 Å². The molecule has 7 heteroatoms. The van der Waals surface area contributed by atoms with Crippen molar-refractivity contribution >= 4 is 34.2 Å². The van der Waals surface area contributed by atoms with Gasteiger partial charge in [-0.25, -0.2) is 9.59 Å². The highest BCUT2D eigenvalue weighted by Crippen LogP contribution is 2.40. The number of carbonyl (C=O) groups excluding carboxylic acids is 2. The van der Waals surface area contributed by atoms with Crippen LogP contribution < -0.4 is 10.1 Å². The predicted octanol–water partition coefficient (Wildman–Crippen LogP) is 3.56. The monoisotopic (exact) mass is 366 g/mol. The fourth-order valence-corrected chi connectivity index (χ4v) is 2.88. The Labute approximate surface area is 155 Å². The molecule has 1 heterocycles. The number of esters is 2. The van der Waals surface area contributed by atoms with Crippen LogP contribution in [0.3, 0.4) is 0 Å². The van der Waals surface area contributed by atoms with E-state index in [-0.39, 0.29) is 16.9 Å². The average Bonchev–Trinajstić information content (AvgIpc) is 2.72. The molecule has 138 valence electrons. The van der Waals surface area contributed by atoms with E-state index in [1.165, 1.54) is 21.3 Å². The lowest BCUT2D eigenvalue weighted by atomic mass is 9.98. The molecule has 0 fully saturated rings. The molecular formula is C20H18N2O5. The van der Waals surface area contributed by atoms with Crippen LogP contribution in [0, 0.1) is 0 Å². The topological polar surface area (TPSA) is 86.8 Å². The van der Waals surface area contributed by atoms with Gasteiger partial charge in [0.15, 0.2) is 0 Å². The van der Waals surface area contributed by atoms with Crippen LogP contribution in [-0.4, -0.2) is 38.3 Å². The van der Waals surface area contributed by atoms with Crippen LogP contribution >= 0.6 is 0 Å². The second-order valence-corrected chi connectivity index (χ2v) is 5.53. The summed E-state index contributed by atoms with van der Waals surface area (Å²) in [5.41, 5.74) is 1.49. The number of rotatable bonds is 5. The molecule has 0 aliphatic rings. The van der Waals surface area contributed by atoms with Crippen molar-refractivity contribution in [3.8, 4) is 5.75 Å². The Balaban J connectivity index is 2.43. The molecule has 0 unspecified atom stereocenters. The highest BCUT2D eigenvalue weighted by molar-refractivity contribution is 6.17. The molecule has 3 aromatic rings. The Kier molecular flexibility index (Phi) is 5.21. The third-order valence-corrected chi connectivity index (χ3v) is 4.04. The molecule has 0 atom stereocenters. The summed E-state index contributed by atoms with van der Waals surface area (Å²) in [6.07, 6.45) is 1.59. The summed E-state index contributed by atoms with van der Waals surface area (Å²) in [4.78, 5) is 29.5. The Morgan fingerprint density at radius 3 is 2.19 bits per heavy atom. The van der Waals surface area contributed by atoms with Crippen LogP contribution in [0.1, 0.15) is 20.7 Å².